The molecule has 9 nitrogen and oxygen atoms in total. The van der Waals surface area contributed by atoms with Crippen molar-refractivity contribution in [1.82, 2.24) is 20.9 Å². The SMILES string of the molecule is CC1(C(O)C2(C(=O)NCCCN3CCCC3=O)C=CC(c3ccccc3)=CC2)NC(=O)NC1=O. The number of aliphatic hydroxyl groups is 1. The van der Waals surface area contributed by atoms with Crippen molar-refractivity contribution in [2.24, 2.45) is 5.41 Å². The lowest BCUT2D eigenvalue weighted by molar-refractivity contribution is -0.141. The number of amides is 5. The van der Waals surface area contributed by atoms with Gasteiger partial charge in [-0.3, -0.25) is 19.7 Å². The van der Waals surface area contributed by atoms with E-state index in [-0.39, 0.29) is 12.3 Å². The van der Waals surface area contributed by atoms with E-state index < -0.39 is 34.9 Å². The Morgan fingerprint density at radius 2 is 2.00 bits per heavy atom. The van der Waals surface area contributed by atoms with Crippen LogP contribution in [0.2, 0.25) is 0 Å². The molecular weight excluding hydrogens is 436 g/mol. The maximum atomic E-state index is 13.5. The lowest BCUT2D eigenvalue weighted by Crippen LogP contribution is -2.63. The number of urea groups is 1. The van der Waals surface area contributed by atoms with Gasteiger partial charge in [-0.1, -0.05) is 48.6 Å². The molecule has 3 aliphatic rings. The standard InChI is InChI=1S/C25H30N4O5/c1-24(21(32)27-23(34)28-24)20(31)25(12-10-18(11-13-25)17-7-3-2-4-8-17)22(33)26-14-6-16-29-15-5-9-19(29)30/h2-4,7-8,10-12,20,31H,5-6,9,13-16H2,1H3,(H,26,33)(H2,27,28,32,34). The Hall–Kier alpha value is -3.46. The highest BCUT2D eigenvalue weighted by molar-refractivity contribution is 6.08. The third-order valence-corrected chi connectivity index (χ3v) is 6.92. The van der Waals surface area contributed by atoms with E-state index in [2.05, 4.69) is 16.0 Å². The molecule has 2 fully saturated rings. The van der Waals surface area contributed by atoms with Crippen LogP contribution in [-0.2, 0) is 14.4 Å². The lowest BCUT2D eigenvalue weighted by atomic mass is 9.67. The summed E-state index contributed by atoms with van der Waals surface area (Å²) in [6, 6.07) is 8.93. The summed E-state index contributed by atoms with van der Waals surface area (Å²) in [6.07, 6.45) is 5.88. The van der Waals surface area contributed by atoms with Crippen LogP contribution in [0.15, 0.2) is 48.6 Å². The Balaban J connectivity index is 1.52. The zero-order valence-corrected chi connectivity index (χ0v) is 19.2. The molecule has 1 aromatic carbocycles. The van der Waals surface area contributed by atoms with E-state index in [1.165, 1.54) is 6.92 Å². The number of hydrogen-bond acceptors (Lipinski definition) is 5. The van der Waals surface area contributed by atoms with Crippen LogP contribution in [0, 0.1) is 5.41 Å². The molecule has 1 aromatic rings. The zero-order valence-electron chi connectivity index (χ0n) is 19.2. The summed E-state index contributed by atoms with van der Waals surface area (Å²) in [5, 5.41) is 18.9. The molecule has 2 saturated heterocycles. The summed E-state index contributed by atoms with van der Waals surface area (Å²) < 4.78 is 0. The summed E-state index contributed by atoms with van der Waals surface area (Å²) in [6.45, 7) is 3.02. The van der Waals surface area contributed by atoms with Crippen molar-refractivity contribution < 1.29 is 24.3 Å². The minimum atomic E-state index is -1.67. The largest absolute Gasteiger partial charge is 0.389 e. The fourth-order valence-corrected chi connectivity index (χ4v) is 4.83. The number of imide groups is 1. The van der Waals surface area contributed by atoms with Gasteiger partial charge in [0.1, 0.15) is 11.6 Å². The van der Waals surface area contributed by atoms with Crippen LogP contribution >= 0.6 is 0 Å². The smallest absolute Gasteiger partial charge is 0.322 e. The number of likely N-dealkylation sites (tertiary alicyclic amines) is 1. The van der Waals surface area contributed by atoms with Gasteiger partial charge < -0.3 is 20.6 Å². The Bertz CT molecular complexity index is 1050. The predicted octanol–water partition coefficient (Wildman–Crippen LogP) is 1.10. The molecule has 0 spiro atoms. The van der Waals surface area contributed by atoms with E-state index >= 15 is 0 Å². The van der Waals surface area contributed by atoms with Crippen LogP contribution < -0.4 is 16.0 Å². The third-order valence-electron chi connectivity index (χ3n) is 6.92. The average Bonchev–Trinajstić information content (AvgIpc) is 3.37. The van der Waals surface area contributed by atoms with Crippen LogP contribution in [0.1, 0.15) is 38.2 Å². The van der Waals surface area contributed by atoms with Gasteiger partial charge in [0.25, 0.3) is 5.91 Å². The number of hydrogen-bond donors (Lipinski definition) is 4. The highest BCUT2D eigenvalue weighted by Gasteiger charge is 2.58. The summed E-state index contributed by atoms with van der Waals surface area (Å²) in [5.74, 6) is -0.999. The van der Waals surface area contributed by atoms with Crippen molar-refractivity contribution in [1.29, 1.82) is 0 Å². The topological polar surface area (TPSA) is 128 Å². The minimum Gasteiger partial charge on any atom is -0.389 e. The van der Waals surface area contributed by atoms with Gasteiger partial charge in [0.05, 0.1) is 5.41 Å². The molecule has 0 aromatic heterocycles. The van der Waals surface area contributed by atoms with Crippen LogP contribution in [0.5, 0.6) is 0 Å². The minimum absolute atomic E-state index is 0.128. The zero-order chi connectivity index (χ0) is 24.3. The number of allylic oxidation sites excluding steroid dienone is 3. The molecule has 180 valence electrons. The quantitative estimate of drug-likeness (QED) is 0.337. The molecule has 1 aliphatic carbocycles. The molecule has 3 unspecified atom stereocenters. The molecule has 9 heteroatoms. The molecule has 5 amide bonds. The summed E-state index contributed by atoms with van der Waals surface area (Å²) in [5.41, 5.74) is -1.27. The molecule has 4 N–H and O–H groups in total. The highest BCUT2D eigenvalue weighted by atomic mass is 16.3. The van der Waals surface area contributed by atoms with Gasteiger partial charge in [0.2, 0.25) is 11.8 Å². The second kappa shape index (κ2) is 9.42. The Kier molecular flexibility index (Phi) is 6.56. The molecular formula is C25H30N4O5. The Morgan fingerprint density at radius 1 is 1.24 bits per heavy atom. The van der Waals surface area contributed by atoms with Crippen LogP contribution in [-0.4, -0.2) is 65.0 Å². The Morgan fingerprint density at radius 3 is 2.59 bits per heavy atom. The third kappa shape index (κ3) is 4.35. The van der Waals surface area contributed by atoms with Crippen molar-refractivity contribution in [3.8, 4) is 0 Å². The molecule has 3 atom stereocenters. The van der Waals surface area contributed by atoms with Gasteiger partial charge >= 0.3 is 6.03 Å². The van der Waals surface area contributed by atoms with E-state index in [9.17, 15) is 24.3 Å². The molecule has 0 radical (unpaired) electrons. The predicted molar refractivity (Wildman–Crippen MR) is 125 cm³/mol. The molecule has 4 rings (SSSR count). The van der Waals surface area contributed by atoms with Crippen molar-refractivity contribution >= 4 is 29.3 Å². The number of rotatable bonds is 8. The van der Waals surface area contributed by atoms with Gasteiger partial charge in [-0.25, -0.2) is 4.79 Å². The first-order valence-corrected chi connectivity index (χ1v) is 11.6. The summed E-state index contributed by atoms with van der Waals surface area (Å²) in [7, 11) is 0. The van der Waals surface area contributed by atoms with Crippen molar-refractivity contribution in [3.63, 3.8) is 0 Å². The molecule has 2 heterocycles. The van der Waals surface area contributed by atoms with E-state index in [4.69, 9.17) is 0 Å². The summed E-state index contributed by atoms with van der Waals surface area (Å²) >= 11 is 0. The van der Waals surface area contributed by atoms with Crippen molar-refractivity contribution in [2.45, 2.75) is 44.2 Å². The normalized spacial score (nSPS) is 27.3. The maximum Gasteiger partial charge on any atom is 0.322 e. The van der Waals surface area contributed by atoms with Crippen molar-refractivity contribution in [2.75, 3.05) is 19.6 Å². The molecule has 0 bridgehead atoms. The number of aliphatic hydroxyl groups excluding tert-OH is 1. The second-order valence-corrected chi connectivity index (χ2v) is 9.21. The van der Waals surface area contributed by atoms with Gasteiger partial charge in [-0.05, 0) is 37.3 Å². The van der Waals surface area contributed by atoms with E-state index in [0.29, 0.717) is 25.9 Å². The second-order valence-electron chi connectivity index (χ2n) is 9.21. The average molecular weight is 467 g/mol. The first-order valence-electron chi connectivity index (χ1n) is 11.6. The lowest BCUT2D eigenvalue weighted by Gasteiger charge is -2.41. The number of benzene rings is 1. The highest BCUT2D eigenvalue weighted by Crippen LogP contribution is 2.41. The van der Waals surface area contributed by atoms with E-state index in [1.807, 2.05) is 36.4 Å². The summed E-state index contributed by atoms with van der Waals surface area (Å²) in [4.78, 5) is 51.4. The number of carbonyl (C=O) groups is 4. The van der Waals surface area contributed by atoms with Gasteiger partial charge in [0.15, 0.2) is 0 Å². The van der Waals surface area contributed by atoms with E-state index in [0.717, 1.165) is 24.1 Å². The maximum absolute atomic E-state index is 13.5. The molecule has 34 heavy (non-hydrogen) atoms. The number of nitrogens with zero attached hydrogens (tertiary/aromatic N) is 1. The van der Waals surface area contributed by atoms with Crippen LogP contribution in [0.4, 0.5) is 4.79 Å². The molecule has 0 saturated carbocycles. The fourth-order valence-electron chi connectivity index (χ4n) is 4.83. The first-order chi connectivity index (χ1) is 16.3. The molecule has 2 aliphatic heterocycles. The monoisotopic (exact) mass is 466 g/mol. The van der Waals surface area contributed by atoms with E-state index in [1.54, 1.807) is 17.1 Å². The Labute approximate surface area is 198 Å². The van der Waals surface area contributed by atoms with Crippen LogP contribution in [0.25, 0.3) is 5.57 Å². The van der Waals surface area contributed by atoms with Gasteiger partial charge in [-0.2, -0.15) is 0 Å². The van der Waals surface area contributed by atoms with Crippen molar-refractivity contribution in [3.05, 3.63) is 54.1 Å². The van der Waals surface area contributed by atoms with Gasteiger partial charge in [-0.15, -0.1) is 0 Å². The number of carbonyl (C=O) groups excluding carboxylic acids is 4. The van der Waals surface area contributed by atoms with Gasteiger partial charge in [0, 0.05) is 26.1 Å². The number of nitrogens with one attached hydrogen (secondary N) is 3. The first kappa shape index (κ1) is 23.7. The van der Waals surface area contributed by atoms with Crippen LogP contribution in [0.3, 0.4) is 0 Å². The fraction of sp³-hybridized carbons (Fsp3) is 0.440.